The van der Waals surface area contributed by atoms with Crippen LogP contribution in [0.3, 0.4) is 0 Å². The lowest BCUT2D eigenvalue weighted by Crippen LogP contribution is -2.55. The lowest BCUT2D eigenvalue weighted by molar-refractivity contribution is -0.116. The van der Waals surface area contributed by atoms with Crippen molar-refractivity contribution < 1.29 is 9.18 Å². The van der Waals surface area contributed by atoms with Crippen LogP contribution in [0.15, 0.2) is 64.0 Å². The van der Waals surface area contributed by atoms with E-state index in [2.05, 4.69) is 18.5 Å². The van der Waals surface area contributed by atoms with E-state index in [-0.39, 0.29) is 13.1 Å². The van der Waals surface area contributed by atoms with E-state index in [0.717, 1.165) is 21.3 Å². The molecule has 8 nitrogen and oxygen atoms in total. The number of allylic oxidation sites excluding steroid dienone is 2. The summed E-state index contributed by atoms with van der Waals surface area (Å²) in [4.78, 5) is 49.2. The Kier molecular flexibility index (Phi) is 5.84. The summed E-state index contributed by atoms with van der Waals surface area (Å²) in [6.07, 6.45) is 2.66. The third-order valence-electron chi connectivity index (χ3n) is 3.44. The van der Waals surface area contributed by atoms with E-state index in [1.165, 1.54) is 24.3 Å². The molecule has 0 aliphatic carbocycles. The van der Waals surface area contributed by atoms with Crippen molar-refractivity contribution in [3.05, 3.63) is 86.8 Å². The maximum Gasteiger partial charge on any atom is 0.337 e. The van der Waals surface area contributed by atoms with E-state index >= 15 is 0 Å². The molecule has 26 heavy (non-hydrogen) atoms. The maximum atomic E-state index is 12.9. The SMILES string of the molecule is C=CCn1c(=O)n(CC=C)c(=O)n(CC(=O)Nc2ccc(F)cc2)c1=O. The normalized spacial score (nSPS) is 10.3. The van der Waals surface area contributed by atoms with Gasteiger partial charge in [-0.2, -0.15) is 0 Å². The van der Waals surface area contributed by atoms with Crippen LogP contribution in [-0.4, -0.2) is 19.6 Å². The standard InChI is InChI=1S/C17H17FN4O4/c1-3-9-20-15(24)21(10-4-2)17(26)22(16(20)25)11-14(23)19-13-7-5-12(18)6-8-13/h3-8H,1-2,9-11H2,(H,19,23). The minimum absolute atomic E-state index is 0.116. The molecule has 0 aliphatic rings. The van der Waals surface area contributed by atoms with Gasteiger partial charge in [-0.3, -0.25) is 4.79 Å². The second kappa shape index (κ2) is 8.06. The first-order valence-electron chi connectivity index (χ1n) is 7.60. The van der Waals surface area contributed by atoms with Crippen molar-refractivity contribution in [1.82, 2.24) is 13.7 Å². The van der Waals surface area contributed by atoms with Gasteiger partial charge in [-0.25, -0.2) is 32.5 Å². The molecule has 0 saturated carbocycles. The Labute approximate surface area is 147 Å². The number of nitrogens with zero attached hydrogens (tertiary/aromatic N) is 3. The molecule has 1 heterocycles. The molecule has 1 amide bonds. The molecule has 0 unspecified atom stereocenters. The van der Waals surface area contributed by atoms with Crippen molar-refractivity contribution in [2.75, 3.05) is 5.32 Å². The van der Waals surface area contributed by atoms with Gasteiger partial charge < -0.3 is 5.32 Å². The van der Waals surface area contributed by atoms with E-state index in [9.17, 15) is 23.6 Å². The van der Waals surface area contributed by atoms with Crippen LogP contribution >= 0.6 is 0 Å². The van der Waals surface area contributed by atoms with Gasteiger partial charge in [-0.1, -0.05) is 12.2 Å². The quantitative estimate of drug-likeness (QED) is 0.720. The van der Waals surface area contributed by atoms with Gasteiger partial charge >= 0.3 is 17.1 Å². The fourth-order valence-electron chi connectivity index (χ4n) is 2.27. The number of anilines is 1. The monoisotopic (exact) mass is 360 g/mol. The average Bonchev–Trinajstić information content (AvgIpc) is 2.61. The Bertz CT molecular complexity index is 967. The van der Waals surface area contributed by atoms with Crippen molar-refractivity contribution >= 4 is 11.6 Å². The summed E-state index contributed by atoms with van der Waals surface area (Å²) in [6.45, 7) is 6.09. The fraction of sp³-hybridized carbons (Fsp3) is 0.176. The highest BCUT2D eigenvalue weighted by atomic mass is 19.1. The van der Waals surface area contributed by atoms with Crippen molar-refractivity contribution in [3.63, 3.8) is 0 Å². The number of benzene rings is 1. The molecule has 2 rings (SSSR count). The van der Waals surface area contributed by atoms with E-state index in [1.807, 2.05) is 0 Å². The van der Waals surface area contributed by atoms with Crippen LogP contribution in [-0.2, 0) is 24.4 Å². The zero-order chi connectivity index (χ0) is 19.3. The lowest BCUT2D eigenvalue weighted by atomic mass is 10.3. The minimum Gasteiger partial charge on any atom is -0.325 e. The predicted octanol–water partition coefficient (Wildman–Crippen LogP) is 0.321. The minimum atomic E-state index is -0.922. The third kappa shape index (κ3) is 3.94. The largest absolute Gasteiger partial charge is 0.337 e. The number of nitrogens with one attached hydrogen (secondary N) is 1. The van der Waals surface area contributed by atoms with Gasteiger partial charge in [0.05, 0.1) is 13.1 Å². The van der Waals surface area contributed by atoms with Crippen molar-refractivity contribution in [3.8, 4) is 0 Å². The topological polar surface area (TPSA) is 95.1 Å². The highest BCUT2D eigenvalue weighted by Crippen LogP contribution is 2.07. The summed E-state index contributed by atoms with van der Waals surface area (Å²) in [6, 6.07) is 4.99. The Morgan fingerprint density at radius 3 is 1.85 bits per heavy atom. The summed E-state index contributed by atoms with van der Waals surface area (Å²) in [5.41, 5.74) is -2.35. The predicted molar refractivity (Wildman–Crippen MR) is 94.6 cm³/mol. The first-order chi connectivity index (χ1) is 12.4. The number of rotatable bonds is 7. The van der Waals surface area contributed by atoms with Gasteiger partial charge in [0.1, 0.15) is 12.4 Å². The number of halogens is 1. The molecule has 1 N–H and O–H groups in total. The molecule has 1 aromatic carbocycles. The number of hydrogen-bond donors (Lipinski definition) is 1. The van der Waals surface area contributed by atoms with E-state index < -0.39 is 35.3 Å². The zero-order valence-electron chi connectivity index (χ0n) is 13.9. The number of carbonyl (C=O) groups is 1. The summed E-state index contributed by atoms with van der Waals surface area (Å²) in [7, 11) is 0. The van der Waals surface area contributed by atoms with Gasteiger partial charge in [0.2, 0.25) is 5.91 Å². The van der Waals surface area contributed by atoms with Gasteiger partial charge in [0.25, 0.3) is 0 Å². The van der Waals surface area contributed by atoms with E-state index in [0.29, 0.717) is 10.3 Å². The summed E-state index contributed by atoms with van der Waals surface area (Å²) >= 11 is 0. The molecule has 0 aliphatic heterocycles. The Hall–Kier alpha value is -3.49. The molecular formula is C17H17FN4O4. The van der Waals surface area contributed by atoms with Crippen molar-refractivity contribution in [2.24, 2.45) is 0 Å². The zero-order valence-corrected chi connectivity index (χ0v) is 13.9. The molecule has 0 fully saturated rings. The first kappa shape index (κ1) is 18.8. The smallest absolute Gasteiger partial charge is 0.325 e. The maximum absolute atomic E-state index is 12.9. The molecule has 1 aromatic heterocycles. The number of aromatic nitrogens is 3. The number of carbonyl (C=O) groups excluding carboxylic acids is 1. The van der Waals surface area contributed by atoms with Crippen molar-refractivity contribution in [1.29, 1.82) is 0 Å². The van der Waals surface area contributed by atoms with Gasteiger partial charge in [0, 0.05) is 5.69 Å². The Morgan fingerprint density at radius 2 is 1.38 bits per heavy atom. The average molecular weight is 360 g/mol. The first-order valence-corrected chi connectivity index (χ1v) is 7.60. The van der Waals surface area contributed by atoms with Gasteiger partial charge in [-0.15, -0.1) is 13.2 Å². The summed E-state index contributed by atoms with van der Waals surface area (Å²) in [5.74, 6) is -1.15. The molecule has 2 aromatic rings. The number of hydrogen-bond acceptors (Lipinski definition) is 4. The fourth-order valence-corrected chi connectivity index (χ4v) is 2.27. The molecule has 0 spiro atoms. The molecule has 0 atom stereocenters. The van der Waals surface area contributed by atoms with Gasteiger partial charge in [-0.05, 0) is 24.3 Å². The number of amides is 1. The third-order valence-corrected chi connectivity index (χ3v) is 3.44. The van der Waals surface area contributed by atoms with Crippen LogP contribution in [0.25, 0.3) is 0 Å². The molecule has 9 heteroatoms. The highest BCUT2D eigenvalue weighted by Gasteiger charge is 2.16. The second-order valence-corrected chi connectivity index (χ2v) is 5.29. The van der Waals surface area contributed by atoms with E-state index in [4.69, 9.17) is 0 Å². The second-order valence-electron chi connectivity index (χ2n) is 5.29. The van der Waals surface area contributed by atoms with Crippen LogP contribution in [0.5, 0.6) is 0 Å². The van der Waals surface area contributed by atoms with Gasteiger partial charge in [0.15, 0.2) is 0 Å². The van der Waals surface area contributed by atoms with Crippen LogP contribution in [0.2, 0.25) is 0 Å². The molecular weight excluding hydrogens is 343 g/mol. The molecule has 0 bridgehead atoms. The highest BCUT2D eigenvalue weighted by molar-refractivity contribution is 5.90. The van der Waals surface area contributed by atoms with Crippen LogP contribution in [0.4, 0.5) is 10.1 Å². The molecule has 0 saturated heterocycles. The van der Waals surface area contributed by atoms with Crippen LogP contribution in [0.1, 0.15) is 0 Å². The Balaban J connectivity index is 2.42. The summed E-state index contributed by atoms with van der Waals surface area (Å²) < 4.78 is 15.1. The molecule has 136 valence electrons. The lowest BCUT2D eigenvalue weighted by Gasteiger charge is -2.12. The Morgan fingerprint density at radius 1 is 0.923 bits per heavy atom. The van der Waals surface area contributed by atoms with Crippen molar-refractivity contribution in [2.45, 2.75) is 19.6 Å². The van der Waals surface area contributed by atoms with Crippen LogP contribution in [0, 0.1) is 5.82 Å². The molecule has 0 radical (unpaired) electrons. The van der Waals surface area contributed by atoms with E-state index in [1.54, 1.807) is 0 Å². The van der Waals surface area contributed by atoms with Crippen LogP contribution < -0.4 is 22.4 Å². The summed E-state index contributed by atoms with van der Waals surface area (Å²) in [5, 5.41) is 2.45.